The van der Waals surface area contributed by atoms with Crippen molar-refractivity contribution in [2.45, 2.75) is 25.4 Å². The van der Waals surface area contributed by atoms with E-state index < -0.39 is 11.2 Å². The Morgan fingerprint density at radius 1 is 1.10 bits per heavy atom. The van der Waals surface area contributed by atoms with Crippen molar-refractivity contribution in [1.82, 2.24) is 28.9 Å². The van der Waals surface area contributed by atoms with Crippen LogP contribution in [0, 0.1) is 0 Å². The van der Waals surface area contributed by atoms with Gasteiger partial charge in [0.05, 0.1) is 12.4 Å². The average molecular weight is 410 g/mol. The Labute approximate surface area is 173 Å². The van der Waals surface area contributed by atoms with E-state index in [1.807, 2.05) is 18.2 Å². The lowest BCUT2D eigenvalue weighted by Crippen LogP contribution is -2.39. The van der Waals surface area contributed by atoms with E-state index in [0.717, 1.165) is 17.7 Å². The average Bonchev–Trinajstić information content (AvgIpc) is 3.42. The molecule has 0 bridgehead atoms. The standard InChI is InChI=1S/C21H26N6O3/c1-24-19-18(20(29)25(2)21(24)30)27(14-23-19)13-17(28)22-12-16(26-10-6-7-11-26)15-8-4-3-5-9-15/h3-5,8-9,14,16H,6-7,10-13H2,1-2H3,(H,22,28)/t16-/m0/s1. The molecule has 2 aromatic heterocycles. The summed E-state index contributed by atoms with van der Waals surface area (Å²) in [5.74, 6) is -0.203. The van der Waals surface area contributed by atoms with Crippen LogP contribution in [0.25, 0.3) is 11.2 Å². The van der Waals surface area contributed by atoms with E-state index in [0.29, 0.717) is 6.54 Å². The van der Waals surface area contributed by atoms with Gasteiger partial charge in [-0.1, -0.05) is 30.3 Å². The van der Waals surface area contributed by atoms with Crippen LogP contribution >= 0.6 is 0 Å². The molecule has 1 aromatic carbocycles. The van der Waals surface area contributed by atoms with E-state index in [1.165, 1.54) is 40.9 Å². The number of amides is 1. The highest BCUT2D eigenvalue weighted by molar-refractivity contribution is 5.78. The zero-order valence-corrected chi connectivity index (χ0v) is 17.2. The Balaban J connectivity index is 1.52. The van der Waals surface area contributed by atoms with E-state index in [1.54, 1.807) is 7.05 Å². The fourth-order valence-electron chi connectivity index (χ4n) is 4.12. The van der Waals surface area contributed by atoms with Gasteiger partial charge < -0.3 is 9.88 Å². The third-order valence-corrected chi connectivity index (χ3v) is 5.79. The summed E-state index contributed by atoms with van der Waals surface area (Å²) in [6.07, 6.45) is 3.76. The predicted octanol–water partition coefficient (Wildman–Crippen LogP) is 0.387. The molecule has 3 heterocycles. The van der Waals surface area contributed by atoms with Gasteiger partial charge in [0.15, 0.2) is 11.2 Å². The zero-order valence-electron chi connectivity index (χ0n) is 17.2. The summed E-state index contributed by atoms with van der Waals surface area (Å²) < 4.78 is 3.83. The van der Waals surface area contributed by atoms with Crippen LogP contribution < -0.4 is 16.6 Å². The topological polar surface area (TPSA) is 94.2 Å². The quantitative estimate of drug-likeness (QED) is 0.634. The summed E-state index contributed by atoms with van der Waals surface area (Å²) in [6.45, 7) is 2.49. The minimum atomic E-state index is -0.461. The number of hydrogen-bond donors (Lipinski definition) is 1. The Kier molecular flexibility index (Phi) is 5.54. The fraction of sp³-hybridized carbons (Fsp3) is 0.429. The number of carbonyl (C=O) groups excluding carboxylic acids is 1. The monoisotopic (exact) mass is 410 g/mol. The van der Waals surface area contributed by atoms with Gasteiger partial charge in [-0.15, -0.1) is 0 Å². The summed E-state index contributed by atoms with van der Waals surface area (Å²) in [5.41, 5.74) is 0.789. The number of rotatable bonds is 6. The Morgan fingerprint density at radius 2 is 1.80 bits per heavy atom. The molecule has 1 N–H and O–H groups in total. The van der Waals surface area contributed by atoms with Crippen LogP contribution in [0.3, 0.4) is 0 Å². The van der Waals surface area contributed by atoms with Crippen molar-refractivity contribution >= 4 is 17.1 Å². The lowest BCUT2D eigenvalue weighted by molar-refractivity contribution is -0.121. The summed E-state index contributed by atoms with van der Waals surface area (Å²) in [4.78, 5) is 43.9. The van der Waals surface area contributed by atoms with Gasteiger partial charge in [0.25, 0.3) is 5.56 Å². The molecule has 1 atom stereocenters. The molecule has 0 unspecified atom stereocenters. The predicted molar refractivity (Wildman–Crippen MR) is 113 cm³/mol. The molecule has 30 heavy (non-hydrogen) atoms. The van der Waals surface area contributed by atoms with Crippen LogP contribution in [-0.4, -0.2) is 49.1 Å². The number of imidazole rings is 1. The number of likely N-dealkylation sites (tertiary alicyclic amines) is 1. The van der Waals surface area contributed by atoms with E-state index in [4.69, 9.17) is 0 Å². The first-order valence-corrected chi connectivity index (χ1v) is 10.1. The highest BCUT2D eigenvalue weighted by atomic mass is 16.2. The van der Waals surface area contributed by atoms with Gasteiger partial charge in [-0.3, -0.25) is 23.6 Å². The molecule has 1 aliphatic rings. The lowest BCUT2D eigenvalue weighted by Gasteiger charge is -2.28. The summed E-state index contributed by atoms with van der Waals surface area (Å²) in [6, 6.07) is 10.3. The summed E-state index contributed by atoms with van der Waals surface area (Å²) >= 11 is 0. The van der Waals surface area contributed by atoms with Crippen LogP contribution in [0.2, 0.25) is 0 Å². The molecule has 4 rings (SSSR count). The van der Waals surface area contributed by atoms with Gasteiger partial charge in [0.1, 0.15) is 6.54 Å². The second-order valence-electron chi connectivity index (χ2n) is 7.72. The van der Waals surface area contributed by atoms with E-state index >= 15 is 0 Å². The van der Waals surface area contributed by atoms with Gasteiger partial charge in [-0.25, -0.2) is 9.78 Å². The number of benzene rings is 1. The number of aryl methyl sites for hydroxylation is 1. The summed E-state index contributed by atoms with van der Waals surface area (Å²) in [5, 5.41) is 3.01. The SMILES string of the molecule is Cn1c(=O)c2c(ncn2CC(=O)NC[C@@H](c2ccccc2)N2CCCC2)n(C)c1=O. The third-order valence-electron chi connectivity index (χ3n) is 5.79. The smallest absolute Gasteiger partial charge is 0.332 e. The maximum Gasteiger partial charge on any atom is 0.332 e. The second kappa shape index (κ2) is 8.27. The molecule has 9 nitrogen and oxygen atoms in total. The van der Waals surface area contributed by atoms with E-state index in [2.05, 4.69) is 27.3 Å². The van der Waals surface area contributed by atoms with Gasteiger partial charge in [0, 0.05) is 20.6 Å². The molecule has 9 heteroatoms. The molecule has 0 spiro atoms. The van der Waals surface area contributed by atoms with Crippen molar-refractivity contribution in [3.63, 3.8) is 0 Å². The van der Waals surface area contributed by atoms with E-state index in [-0.39, 0.29) is 29.7 Å². The Hall–Kier alpha value is -3.20. The molecule has 1 fully saturated rings. The van der Waals surface area contributed by atoms with Crippen LogP contribution in [-0.2, 0) is 25.4 Å². The maximum atomic E-state index is 12.7. The zero-order chi connectivity index (χ0) is 21.3. The molecular weight excluding hydrogens is 384 g/mol. The number of hydrogen-bond acceptors (Lipinski definition) is 5. The lowest BCUT2D eigenvalue weighted by atomic mass is 10.1. The van der Waals surface area contributed by atoms with Crippen molar-refractivity contribution in [2.24, 2.45) is 14.1 Å². The number of carbonyl (C=O) groups is 1. The van der Waals surface area contributed by atoms with Gasteiger partial charge in [-0.2, -0.15) is 0 Å². The molecule has 0 radical (unpaired) electrons. The van der Waals surface area contributed by atoms with Crippen LogP contribution in [0.4, 0.5) is 0 Å². The molecular formula is C21H26N6O3. The molecule has 3 aromatic rings. The van der Waals surface area contributed by atoms with Crippen molar-refractivity contribution in [2.75, 3.05) is 19.6 Å². The first-order valence-electron chi connectivity index (χ1n) is 10.1. The minimum Gasteiger partial charge on any atom is -0.353 e. The van der Waals surface area contributed by atoms with Crippen molar-refractivity contribution in [3.05, 3.63) is 63.1 Å². The molecule has 1 aliphatic heterocycles. The van der Waals surface area contributed by atoms with Crippen molar-refractivity contribution < 1.29 is 4.79 Å². The molecule has 0 saturated carbocycles. The van der Waals surface area contributed by atoms with Gasteiger partial charge in [0.2, 0.25) is 5.91 Å². The normalized spacial score (nSPS) is 15.5. The maximum absolute atomic E-state index is 12.7. The van der Waals surface area contributed by atoms with Gasteiger partial charge >= 0.3 is 5.69 Å². The molecule has 158 valence electrons. The summed E-state index contributed by atoms with van der Waals surface area (Å²) in [7, 11) is 2.98. The molecule has 1 saturated heterocycles. The minimum absolute atomic E-state index is 0.0363. The number of aromatic nitrogens is 4. The van der Waals surface area contributed by atoms with Crippen LogP contribution in [0.1, 0.15) is 24.4 Å². The first-order chi connectivity index (χ1) is 14.5. The van der Waals surface area contributed by atoms with Crippen molar-refractivity contribution in [3.8, 4) is 0 Å². The largest absolute Gasteiger partial charge is 0.353 e. The number of fused-ring (bicyclic) bond motifs is 1. The van der Waals surface area contributed by atoms with Gasteiger partial charge in [-0.05, 0) is 31.5 Å². The third kappa shape index (κ3) is 3.68. The first kappa shape index (κ1) is 20.1. The van der Waals surface area contributed by atoms with Crippen LogP contribution in [0.15, 0.2) is 46.2 Å². The Bertz CT molecular complexity index is 1170. The second-order valence-corrected chi connectivity index (χ2v) is 7.72. The highest BCUT2D eigenvalue weighted by Crippen LogP contribution is 2.24. The molecule has 0 aliphatic carbocycles. The van der Waals surface area contributed by atoms with Crippen molar-refractivity contribution in [1.29, 1.82) is 0 Å². The Morgan fingerprint density at radius 3 is 2.50 bits per heavy atom. The highest BCUT2D eigenvalue weighted by Gasteiger charge is 2.24. The fourth-order valence-corrected chi connectivity index (χ4v) is 4.12. The number of nitrogens with zero attached hydrogens (tertiary/aromatic N) is 5. The van der Waals surface area contributed by atoms with Crippen LogP contribution in [0.5, 0.6) is 0 Å². The molecule has 1 amide bonds. The number of nitrogens with one attached hydrogen (secondary N) is 1. The van der Waals surface area contributed by atoms with E-state index in [9.17, 15) is 14.4 Å².